The molecule has 1 saturated heterocycles. The Morgan fingerprint density at radius 3 is 2.10 bits per heavy atom. The van der Waals surface area contributed by atoms with Crippen LogP contribution < -0.4 is 14.2 Å². The Bertz CT molecular complexity index is 963. The number of carbonyl (C=O) groups excluding carboxylic acids is 2. The van der Waals surface area contributed by atoms with Gasteiger partial charge in [0.15, 0.2) is 0 Å². The van der Waals surface area contributed by atoms with Crippen LogP contribution in [-0.4, -0.2) is 37.4 Å². The zero-order valence-corrected chi connectivity index (χ0v) is 18.2. The average molecular weight is 454 g/mol. The second-order valence-electron chi connectivity index (χ2n) is 5.91. The van der Waals surface area contributed by atoms with Gasteiger partial charge in [0.1, 0.15) is 17.2 Å². The van der Waals surface area contributed by atoms with E-state index in [1.54, 1.807) is 36.4 Å². The molecular formula is C20H17Cl2NO5S. The van der Waals surface area contributed by atoms with E-state index in [1.165, 1.54) is 21.3 Å². The van der Waals surface area contributed by atoms with Crippen molar-refractivity contribution in [3.8, 4) is 17.2 Å². The maximum absolute atomic E-state index is 12.9. The van der Waals surface area contributed by atoms with Gasteiger partial charge in [-0.25, -0.2) is 0 Å². The van der Waals surface area contributed by atoms with Crippen molar-refractivity contribution >= 4 is 52.2 Å². The van der Waals surface area contributed by atoms with Crippen molar-refractivity contribution in [1.82, 2.24) is 4.90 Å². The molecule has 1 aliphatic heterocycles. The highest BCUT2D eigenvalue weighted by atomic mass is 35.5. The first-order valence-electron chi connectivity index (χ1n) is 8.37. The third kappa shape index (κ3) is 4.32. The minimum Gasteiger partial charge on any atom is -0.496 e. The minimum absolute atomic E-state index is 0.0165. The first-order chi connectivity index (χ1) is 13.9. The van der Waals surface area contributed by atoms with E-state index in [4.69, 9.17) is 37.4 Å². The lowest BCUT2D eigenvalue weighted by atomic mass is 10.1. The standard InChI is InChI=1S/C20H17Cl2NO5S/c1-26-11-7-16(27-2)12(17(8-11)28-3)9-18-19(24)23(20(25)29-18)10-13-14(21)5-4-6-15(13)22/h4-9H,10H2,1-3H3/b18-9+. The van der Waals surface area contributed by atoms with Crippen molar-refractivity contribution in [2.45, 2.75) is 6.54 Å². The zero-order chi connectivity index (χ0) is 21.1. The van der Waals surface area contributed by atoms with Gasteiger partial charge in [-0.3, -0.25) is 14.5 Å². The number of amides is 2. The van der Waals surface area contributed by atoms with Gasteiger partial charge in [-0.2, -0.15) is 0 Å². The predicted octanol–water partition coefficient (Wildman–Crippen LogP) is 5.26. The Balaban J connectivity index is 1.97. The molecule has 1 heterocycles. The van der Waals surface area contributed by atoms with E-state index in [0.717, 1.165) is 16.7 Å². The minimum atomic E-state index is -0.448. The van der Waals surface area contributed by atoms with Crippen molar-refractivity contribution < 1.29 is 23.8 Å². The van der Waals surface area contributed by atoms with Crippen LogP contribution >= 0.6 is 35.0 Å². The summed E-state index contributed by atoms with van der Waals surface area (Å²) in [4.78, 5) is 26.7. The number of ether oxygens (including phenoxy) is 3. The molecule has 0 atom stereocenters. The van der Waals surface area contributed by atoms with Gasteiger partial charge in [-0.1, -0.05) is 29.3 Å². The molecule has 0 unspecified atom stereocenters. The number of carbonyl (C=O) groups is 2. The molecule has 2 aromatic carbocycles. The van der Waals surface area contributed by atoms with Gasteiger partial charge in [-0.15, -0.1) is 0 Å². The van der Waals surface area contributed by atoms with E-state index in [-0.39, 0.29) is 11.4 Å². The number of rotatable bonds is 6. The maximum atomic E-state index is 12.9. The molecule has 6 nitrogen and oxygen atoms in total. The lowest BCUT2D eigenvalue weighted by Crippen LogP contribution is -2.27. The quantitative estimate of drug-likeness (QED) is 0.556. The van der Waals surface area contributed by atoms with E-state index in [1.807, 2.05) is 0 Å². The van der Waals surface area contributed by atoms with Gasteiger partial charge in [0.25, 0.3) is 11.1 Å². The van der Waals surface area contributed by atoms with Crippen LogP contribution in [0.1, 0.15) is 11.1 Å². The number of thioether (sulfide) groups is 1. The summed E-state index contributed by atoms with van der Waals surface area (Å²) in [6.07, 6.45) is 1.57. The third-order valence-electron chi connectivity index (χ3n) is 4.28. The van der Waals surface area contributed by atoms with Crippen molar-refractivity contribution in [3.63, 3.8) is 0 Å². The lowest BCUT2D eigenvalue weighted by Gasteiger charge is -2.15. The first-order valence-corrected chi connectivity index (χ1v) is 9.95. The Kier molecular flexibility index (Phi) is 6.62. The second-order valence-corrected chi connectivity index (χ2v) is 7.72. The number of hydrogen-bond donors (Lipinski definition) is 0. The van der Waals surface area contributed by atoms with E-state index < -0.39 is 11.1 Å². The van der Waals surface area contributed by atoms with Crippen molar-refractivity contribution in [3.05, 3.63) is 56.4 Å². The summed E-state index contributed by atoms with van der Waals surface area (Å²) in [6.45, 7) is -0.0165. The molecule has 9 heteroatoms. The van der Waals surface area contributed by atoms with Gasteiger partial charge in [0, 0.05) is 27.7 Å². The van der Waals surface area contributed by atoms with Crippen LogP contribution in [0.3, 0.4) is 0 Å². The fraction of sp³-hybridized carbons (Fsp3) is 0.200. The summed E-state index contributed by atoms with van der Waals surface area (Å²) in [7, 11) is 4.52. The molecule has 0 saturated carbocycles. The van der Waals surface area contributed by atoms with E-state index in [0.29, 0.717) is 38.4 Å². The number of hydrogen-bond acceptors (Lipinski definition) is 6. The highest BCUT2D eigenvalue weighted by molar-refractivity contribution is 8.18. The number of benzene rings is 2. The maximum Gasteiger partial charge on any atom is 0.293 e. The molecule has 1 fully saturated rings. The van der Waals surface area contributed by atoms with E-state index >= 15 is 0 Å². The fourth-order valence-corrected chi connectivity index (χ4v) is 4.12. The average Bonchev–Trinajstić information content (AvgIpc) is 2.97. The molecule has 0 N–H and O–H groups in total. The number of methoxy groups -OCH3 is 3. The van der Waals surface area contributed by atoms with Gasteiger partial charge >= 0.3 is 0 Å². The Labute approximate surface area is 182 Å². The predicted molar refractivity (Wildman–Crippen MR) is 114 cm³/mol. The molecule has 0 bridgehead atoms. The smallest absolute Gasteiger partial charge is 0.293 e. The normalized spacial score (nSPS) is 15.2. The number of halogens is 2. The van der Waals surface area contributed by atoms with Crippen LogP contribution in [0.5, 0.6) is 17.2 Å². The van der Waals surface area contributed by atoms with Crippen LogP contribution in [0.15, 0.2) is 35.2 Å². The lowest BCUT2D eigenvalue weighted by molar-refractivity contribution is -0.123. The number of imide groups is 1. The van der Waals surface area contributed by atoms with Crippen molar-refractivity contribution in [2.75, 3.05) is 21.3 Å². The summed E-state index contributed by atoms with van der Waals surface area (Å²) >= 11 is 13.2. The highest BCUT2D eigenvalue weighted by Crippen LogP contribution is 2.40. The topological polar surface area (TPSA) is 65.1 Å². The van der Waals surface area contributed by atoms with Gasteiger partial charge in [0.2, 0.25) is 0 Å². The highest BCUT2D eigenvalue weighted by Gasteiger charge is 2.36. The molecule has 0 radical (unpaired) electrons. The summed E-state index contributed by atoms with van der Waals surface area (Å²) in [5.41, 5.74) is 1.04. The summed E-state index contributed by atoms with van der Waals surface area (Å²) < 4.78 is 16.0. The Morgan fingerprint density at radius 2 is 1.59 bits per heavy atom. The molecule has 1 aliphatic rings. The Morgan fingerprint density at radius 1 is 1.00 bits per heavy atom. The monoisotopic (exact) mass is 453 g/mol. The van der Waals surface area contributed by atoms with Crippen molar-refractivity contribution in [2.24, 2.45) is 0 Å². The number of nitrogens with zero attached hydrogens (tertiary/aromatic N) is 1. The van der Waals surface area contributed by atoms with E-state index in [9.17, 15) is 9.59 Å². The largest absolute Gasteiger partial charge is 0.496 e. The third-order valence-corrected chi connectivity index (χ3v) is 5.90. The second kappa shape index (κ2) is 8.98. The zero-order valence-electron chi connectivity index (χ0n) is 15.8. The fourth-order valence-electron chi connectivity index (χ4n) is 2.78. The SMILES string of the molecule is COc1cc(OC)c(/C=C2/SC(=O)N(Cc3c(Cl)cccc3Cl)C2=O)c(OC)c1. The van der Waals surface area contributed by atoms with Crippen LogP contribution in [0.2, 0.25) is 10.0 Å². The first kappa shape index (κ1) is 21.4. The van der Waals surface area contributed by atoms with E-state index in [2.05, 4.69) is 0 Å². The Hall–Kier alpha value is -2.35. The molecule has 2 amide bonds. The molecular weight excluding hydrogens is 437 g/mol. The van der Waals surface area contributed by atoms with Crippen LogP contribution in [0, 0.1) is 0 Å². The van der Waals surface area contributed by atoms with Crippen LogP contribution in [0.4, 0.5) is 4.79 Å². The molecule has 152 valence electrons. The van der Waals surface area contributed by atoms with Crippen LogP contribution in [0.25, 0.3) is 6.08 Å². The van der Waals surface area contributed by atoms with Crippen LogP contribution in [-0.2, 0) is 11.3 Å². The molecule has 29 heavy (non-hydrogen) atoms. The summed E-state index contributed by atoms with van der Waals surface area (Å²) in [5.74, 6) is 0.984. The molecule has 0 aliphatic carbocycles. The summed E-state index contributed by atoms with van der Waals surface area (Å²) in [5, 5.41) is 0.363. The molecule has 0 spiro atoms. The summed E-state index contributed by atoms with van der Waals surface area (Å²) in [6, 6.07) is 8.35. The molecule has 3 rings (SSSR count). The van der Waals surface area contributed by atoms with Gasteiger partial charge in [-0.05, 0) is 30.0 Å². The van der Waals surface area contributed by atoms with Gasteiger partial charge in [0.05, 0.1) is 38.3 Å². The van der Waals surface area contributed by atoms with Crippen molar-refractivity contribution in [1.29, 1.82) is 0 Å². The molecule has 2 aromatic rings. The molecule has 0 aromatic heterocycles. The van der Waals surface area contributed by atoms with Gasteiger partial charge < -0.3 is 14.2 Å².